The molecule has 0 aliphatic carbocycles. The highest BCUT2D eigenvalue weighted by atomic mass is 16.5. The van der Waals surface area contributed by atoms with Gasteiger partial charge in [-0.3, -0.25) is 4.99 Å². The van der Waals surface area contributed by atoms with Crippen LogP contribution in [0.3, 0.4) is 0 Å². The molecule has 3 aromatic heterocycles. The van der Waals surface area contributed by atoms with Crippen LogP contribution < -0.4 is 15.8 Å². The third-order valence-corrected chi connectivity index (χ3v) is 6.04. The molecule has 0 saturated carbocycles. The lowest BCUT2D eigenvalue weighted by molar-refractivity contribution is 0.393. The van der Waals surface area contributed by atoms with Gasteiger partial charge in [-0.05, 0) is 45.7 Å². The van der Waals surface area contributed by atoms with Crippen LogP contribution in [0, 0.1) is 26.7 Å². The second-order valence-electron chi connectivity index (χ2n) is 8.68. The average Bonchev–Trinajstić information content (AvgIpc) is 3.33. The van der Waals surface area contributed by atoms with Crippen LogP contribution in [0.25, 0.3) is 33.1 Å². The van der Waals surface area contributed by atoms with Crippen molar-refractivity contribution in [3.05, 3.63) is 40.8 Å². The number of aliphatic imine (C=N–C) groups is 1. The first-order valence-electron chi connectivity index (χ1n) is 11.2. The van der Waals surface area contributed by atoms with E-state index < -0.39 is 0 Å². The van der Waals surface area contributed by atoms with Crippen molar-refractivity contribution in [3.8, 4) is 16.9 Å². The summed E-state index contributed by atoms with van der Waals surface area (Å²) in [5.74, 6) is 2.87. The van der Waals surface area contributed by atoms with Crippen LogP contribution in [0.1, 0.15) is 38.0 Å². The first-order chi connectivity index (χ1) is 16.2. The molecule has 0 bridgehead atoms. The third kappa shape index (κ3) is 3.87. The summed E-state index contributed by atoms with van der Waals surface area (Å²) in [6, 6.07) is 4.04. The van der Waals surface area contributed by atoms with Crippen LogP contribution in [0.5, 0.6) is 5.75 Å². The first kappa shape index (κ1) is 23.3. The summed E-state index contributed by atoms with van der Waals surface area (Å²) in [5, 5.41) is 9.34. The minimum Gasteiger partial charge on any atom is -0.496 e. The fourth-order valence-corrected chi connectivity index (χ4v) is 4.15. The molecule has 0 unspecified atom stereocenters. The number of H-pyrrole nitrogens is 1. The zero-order valence-electron chi connectivity index (χ0n) is 20.9. The Morgan fingerprint density at radius 2 is 1.94 bits per heavy atom. The number of nitrogens with one attached hydrogen (secondary N) is 2. The number of aromatic nitrogens is 4. The smallest absolute Gasteiger partial charge is 0.144 e. The Kier molecular flexibility index (Phi) is 6.03. The number of fused-ring (bicyclic) bond motifs is 3. The molecule has 0 amide bonds. The van der Waals surface area contributed by atoms with E-state index in [1.165, 1.54) is 0 Å². The van der Waals surface area contributed by atoms with Crippen molar-refractivity contribution in [2.45, 2.75) is 41.5 Å². The van der Waals surface area contributed by atoms with Crippen LogP contribution in [0.15, 0.2) is 33.0 Å². The second kappa shape index (κ2) is 8.81. The summed E-state index contributed by atoms with van der Waals surface area (Å²) < 4.78 is 11.2. The molecule has 4 N–H and O–H groups in total. The lowest BCUT2D eigenvalue weighted by Gasteiger charge is -2.17. The Morgan fingerprint density at radius 1 is 1.21 bits per heavy atom. The van der Waals surface area contributed by atoms with Gasteiger partial charge in [-0.2, -0.15) is 0 Å². The van der Waals surface area contributed by atoms with Gasteiger partial charge in [0, 0.05) is 29.2 Å². The van der Waals surface area contributed by atoms with Crippen LogP contribution in [0.4, 0.5) is 5.82 Å². The number of allylic oxidation sites excluding steroid dienone is 2. The van der Waals surface area contributed by atoms with Gasteiger partial charge in [-0.25, -0.2) is 9.97 Å². The summed E-state index contributed by atoms with van der Waals surface area (Å²) in [7, 11) is 3.40. The average molecular weight is 462 g/mol. The molecule has 0 atom stereocenters. The van der Waals surface area contributed by atoms with E-state index in [0.29, 0.717) is 23.1 Å². The maximum absolute atomic E-state index is 6.45. The highest BCUT2D eigenvalue weighted by Crippen LogP contribution is 2.40. The SMILES string of the molecule is CN=C(C)C(Nc1nc(C)nc2[nH]c3cc(-c4c(C)noc4C)c(OC)cc3c12)=C(N)C(C)C. The van der Waals surface area contributed by atoms with E-state index in [0.717, 1.165) is 55.9 Å². The van der Waals surface area contributed by atoms with Gasteiger partial charge in [-0.15, -0.1) is 0 Å². The number of rotatable bonds is 6. The number of aromatic amines is 1. The van der Waals surface area contributed by atoms with Crippen LogP contribution in [-0.4, -0.2) is 40.0 Å². The largest absolute Gasteiger partial charge is 0.496 e. The second-order valence-corrected chi connectivity index (χ2v) is 8.68. The van der Waals surface area contributed by atoms with Crippen LogP contribution in [-0.2, 0) is 0 Å². The fourth-order valence-electron chi connectivity index (χ4n) is 4.15. The van der Waals surface area contributed by atoms with Gasteiger partial charge in [0.05, 0.1) is 35.2 Å². The molecule has 178 valence electrons. The summed E-state index contributed by atoms with van der Waals surface area (Å²) in [6.07, 6.45) is 0. The number of aryl methyl sites for hydroxylation is 3. The molecule has 0 aliphatic rings. The van der Waals surface area contributed by atoms with E-state index in [2.05, 4.69) is 25.4 Å². The molecule has 0 aliphatic heterocycles. The van der Waals surface area contributed by atoms with Crippen molar-refractivity contribution in [2.24, 2.45) is 16.6 Å². The fraction of sp³-hybridized carbons (Fsp3) is 0.360. The summed E-state index contributed by atoms with van der Waals surface area (Å²) in [5.41, 5.74) is 13.0. The summed E-state index contributed by atoms with van der Waals surface area (Å²) >= 11 is 0. The lowest BCUT2D eigenvalue weighted by Crippen LogP contribution is -2.20. The topological polar surface area (TPSA) is 127 Å². The molecule has 9 heteroatoms. The number of benzene rings is 1. The lowest BCUT2D eigenvalue weighted by atomic mass is 10.0. The van der Waals surface area contributed by atoms with Crippen molar-refractivity contribution in [1.29, 1.82) is 0 Å². The number of nitrogens with zero attached hydrogens (tertiary/aromatic N) is 4. The van der Waals surface area contributed by atoms with Gasteiger partial charge in [0.1, 0.15) is 28.8 Å². The van der Waals surface area contributed by atoms with Crippen LogP contribution >= 0.6 is 0 Å². The van der Waals surface area contributed by atoms with Crippen molar-refractivity contribution in [1.82, 2.24) is 20.1 Å². The number of anilines is 1. The Hall–Kier alpha value is -3.88. The Morgan fingerprint density at radius 3 is 2.53 bits per heavy atom. The Balaban J connectivity index is 2.00. The van der Waals surface area contributed by atoms with Gasteiger partial charge in [0.15, 0.2) is 0 Å². The summed E-state index contributed by atoms with van der Waals surface area (Å²) in [6.45, 7) is 11.7. The maximum Gasteiger partial charge on any atom is 0.144 e. The van der Waals surface area contributed by atoms with Crippen molar-refractivity contribution in [2.75, 3.05) is 19.5 Å². The minimum atomic E-state index is 0.137. The Bertz CT molecular complexity index is 1440. The maximum atomic E-state index is 6.45. The number of nitrogens with two attached hydrogens (primary N) is 1. The van der Waals surface area contributed by atoms with Crippen molar-refractivity contribution in [3.63, 3.8) is 0 Å². The number of ether oxygens (including phenoxy) is 1. The molecule has 0 spiro atoms. The van der Waals surface area contributed by atoms with Gasteiger partial charge in [0.2, 0.25) is 0 Å². The normalized spacial score (nSPS) is 13.1. The quantitative estimate of drug-likeness (QED) is 0.344. The number of hydrogen-bond donors (Lipinski definition) is 3. The molecule has 9 nitrogen and oxygen atoms in total. The molecule has 0 radical (unpaired) electrons. The molecule has 0 fully saturated rings. The van der Waals surface area contributed by atoms with Gasteiger partial charge in [-0.1, -0.05) is 19.0 Å². The number of hydrogen-bond acceptors (Lipinski definition) is 8. The highest BCUT2D eigenvalue weighted by Gasteiger charge is 2.21. The molecule has 3 heterocycles. The van der Waals surface area contributed by atoms with E-state index in [1.807, 2.05) is 53.7 Å². The van der Waals surface area contributed by atoms with Gasteiger partial charge < -0.3 is 25.3 Å². The molecular formula is C25H31N7O2. The molecule has 34 heavy (non-hydrogen) atoms. The summed E-state index contributed by atoms with van der Waals surface area (Å²) in [4.78, 5) is 17.2. The Labute approximate surface area is 198 Å². The zero-order chi connectivity index (χ0) is 24.7. The molecular weight excluding hydrogens is 430 g/mol. The van der Waals surface area contributed by atoms with E-state index in [-0.39, 0.29) is 5.92 Å². The zero-order valence-corrected chi connectivity index (χ0v) is 20.9. The molecule has 0 saturated heterocycles. The predicted molar refractivity (Wildman–Crippen MR) is 136 cm³/mol. The van der Waals surface area contributed by atoms with Gasteiger partial charge in [0.25, 0.3) is 0 Å². The minimum absolute atomic E-state index is 0.137. The molecule has 4 rings (SSSR count). The van der Waals surface area contributed by atoms with Crippen molar-refractivity contribution < 1.29 is 9.26 Å². The molecule has 1 aromatic carbocycles. The van der Waals surface area contributed by atoms with E-state index in [1.54, 1.807) is 14.2 Å². The van der Waals surface area contributed by atoms with Crippen molar-refractivity contribution >= 4 is 33.5 Å². The molecule has 4 aromatic rings. The van der Waals surface area contributed by atoms with Crippen LogP contribution in [0.2, 0.25) is 0 Å². The van der Waals surface area contributed by atoms with E-state index in [4.69, 9.17) is 20.0 Å². The highest BCUT2D eigenvalue weighted by molar-refractivity contribution is 6.14. The standard InChI is InChI=1S/C25H31N7O2/c1-11(2)22(26)23(13(4)27-7)31-25-21-16-10-19(33-8)17(20-12(3)32-34-14(20)5)9-18(16)30-24(21)28-15(6)29-25/h9-11H,26H2,1-8H3,(H2,28,29,30,31). The first-order valence-corrected chi connectivity index (χ1v) is 11.2. The number of methoxy groups -OCH3 is 1. The van der Waals surface area contributed by atoms with E-state index in [9.17, 15) is 0 Å². The monoisotopic (exact) mass is 461 g/mol. The van der Waals surface area contributed by atoms with Gasteiger partial charge >= 0.3 is 0 Å². The van der Waals surface area contributed by atoms with E-state index >= 15 is 0 Å². The predicted octanol–water partition coefficient (Wildman–Crippen LogP) is 5.03. The third-order valence-electron chi connectivity index (χ3n) is 6.04.